The maximum absolute atomic E-state index is 12.7. The number of piperidine rings is 1. The van der Waals surface area contributed by atoms with Crippen LogP contribution < -0.4 is 10.1 Å². The molecule has 3 aromatic rings. The van der Waals surface area contributed by atoms with Gasteiger partial charge in [0.05, 0.1) is 19.3 Å². The Bertz CT molecular complexity index is 1090. The second-order valence-electron chi connectivity index (χ2n) is 8.01. The Kier molecular flexibility index (Phi) is 7.32. The van der Waals surface area contributed by atoms with E-state index in [-0.39, 0.29) is 17.9 Å². The number of nitrogens with zero attached hydrogens (tertiary/aromatic N) is 1. The van der Waals surface area contributed by atoms with Crippen LogP contribution in [0.25, 0.3) is 10.8 Å². The van der Waals surface area contributed by atoms with E-state index in [4.69, 9.17) is 4.74 Å². The minimum atomic E-state index is 0.0435. The normalized spacial score (nSPS) is 14.3. The van der Waals surface area contributed by atoms with E-state index in [9.17, 15) is 9.59 Å². The van der Waals surface area contributed by atoms with Gasteiger partial charge in [0.1, 0.15) is 5.75 Å². The van der Waals surface area contributed by atoms with Crippen LogP contribution in [-0.4, -0.2) is 48.7 Å². The Morgan fingerprint density at radius 2 is 1.72 bits per heavy atom. The van der Waals surface area contributed by atoms with E-state index < -0.39 is 0 Å². The molecule has 0 atom stereocenters. The second kappa shape index (κ2) is 10.6. The number of nitrogens with one attached hydrogen (secondary N) is 1. The van der Waals surface area contributed by atoms with E-state index in [0.29, 0.717) is 25.3 Å². The molecule has 5 nitrogen and oxygen atoms in total. The molecule has 0 aliphatic carbocycles. The summed E-state index contributed by atoms with van der Waals surface area (Å²) in [7, 11) is 1.62. The summed E-state index contributed by atoms with van der Waals surface area (Å²) in [6, 6.07) is 22.2. The summed E-state index contributed by atoms with van der Waals surface area (Å²) in [5.41, 5.74) is 0.904. The van der Waals surface area contributed by atoms with Gasteiger partial charge < -0.3 is 15.0 Å². The van der Waals surface area contributed by atoms with Crippen molar-refractivity contribution in [2.45, 2.75) is 30.2 Å². The summed E-state index contributed by atoms with van der Waals surface area (Å²) >= 11 is 1.55. The Labute approximate surface area is 193 Å². The highest BCUT2D eigenvalue weighted by atomic mass is 32.2. The second-order valence-corrected chi connectivity index (χ2v) is 9.06. The van der Waals surface area contributed by atoms with Gasteiger partial charge in [0, 0.05) is 29.6 Å². The molecule has 1 heterocycles. The summed E-state index contributed by atoms with van der Waals surface area (Å²) in [6.07, 6.45) is 1.90. The Hall–Kier alpha value is -2.99. The summed E-state index contributed by atoms with van der Waals surface area (Å²) in [5.74, 6) is 1.28. The number of amides is 2. The number of thioether (sulfide) groups is 1. The molecular formula is C26H28N2O3S. The lowest BCUT2D eigenvalue weighted by atomic mass is 10.0. The Morgan fingerprint density at radius 3 is 2.50 bits per heavy atom. The number of para-hydroxylation sites is 1. The molecule has 2 amide bonds. The van der Waals surface area contributed by atoms with Crippen LogP contribution in [-0.2, 0) is 16.0 Å². The van der Waals surface area contributed by atoms with E-state index >= 15 is 0 Å². The molecule has 1 fully saturated rings. The van der Waals surface area contributed by atoms with Gasteiger partial charge in [-0.05, 0) is 41.8 Å². The minimum Gasteiger partial charge on any atom is -0.496 e. The number of fused-ring (bicyclic) bond motifs is 1. The third-order valence-corrected chi connectivity index (χ3v) is 6.83. The first-order valence-electron chi connectivity index (χ1n) is 10.9. The highest BCUT2D eigenvalue weighted by Gasteiger charge is 2.24. The molecule has 1 saturated heterocycles. The van der Waals surface area contributed by atoms with Crippen molar-refractivity contribution in [1.29, 1.82) is 0 Å². The third-order valence-electron chi connectivity index (χ3n) is 5.84. The SMILES string of the molecule is COc1ccccc1CC(=O)N1CCC(NC(=O)CSc2ccc3ccccc3c2)CC1. The minimum absolute atomic E-state index is 0.0435. The average Bonchev–Trinajstić information content (AvgIpc) is 2.83. The van der Waals surface area contributed by atoms with Crippen molar-refractivity contribution in [3.05, 3.63) is 72.3 Å². The molecule has 166 valence electrons. The lowest BCUT2D eigenvalue weighted by Crippen LogP contribution is -2.47. The van der Waals surface area contributed by atoms with Crippen molar-refractivity contribution in [3.63, 3.8) is 0 Å². The molecule has 1 aliphatic heterocycles. The highest BCUT2D eigenvalue weighted by molar-refractivity contribution is 8.00. The first-order chi connectivity index (χ1) is 15.6. The largest absolute Gasteiger partial charge is 0.496 e. The van der Waals surface area contributed by atoms with Gasteiger partial charge >= 0.3 is 0 Å². The molecule has 0 aromatic heterocycles. The van der Waals surface area contributed by atoms with Crippen LogP contribution in [0.1, 0.15) is 18.4 Å². The zero-order chi connectivity index (χ0) is 22.3. The fourth-order valence-corrected chi connectivity index (χ4v) is 4.83. The molecule has 1 aliphatic rings. The zero-order valence-corrected chi connectivity index (χ0v) is 19.1. The number of carbonyl (C=O) groups is 2. The van der Waals surface area contributed by atoms with Crippen LogP contribution in [0, 0.1) is 0 Å². The number of hydrogen-bond donors (Lipinski definition) is 1. The number of benzene rings is 3. The first kappa shape index (κ1) is 22.2. The number of hydrogen-bond acceptors (Lipinski definition) is 4. The van der Waals surface area contributed by atoms with Gasteiger partial charge in [-0.15, -0.1) is 11.8 Å². The van der Waals surface area contributed by atoms with Gasteiger partial charge in [-0.2, -0.15) is 0 Å². The van der Waals surface area contributed by atoms with Gasteiger partial charge in [0.2, 0.25) is 11.8 Å². The molecule has 0 saturated carbocycles. The van der Waals surface area contributed by atoms with E-state index in [1.165, 1.54) is 10.8 Å². The number of carbonyl (C=O) groups excluding carboxylic acids is 2. The highest BCUT2D eigenvalue weighted by Crippen LogP contribution is 2.24. The van der Waals surface area contributed by atoms with Crippen LogP contribution in [0.3, 0.4) is 0 Å². The maximum atomic E-state index is 12.7. The van der Waals surface area contributed by atoms with Crippen molar-refractivity contribution in [2.24, 2.45) is 0 Å². The summed E-state index contributed by atoms with van der Waals surface area (Å²) < 4.78 is 5.35. The fraction of sp³-hybridized carbons (Fsp3) is 0.308. The monoisotopic (exact) mass is 448 g/mol. The van der Waals surface area contributed by atoms with Crippen LogP contribution >= 0.6 is 11.8 Å². The molecule has 1 N–H and O–H groups in total. The van der Waals surface area contributed by atoms with E-state index in [1.807, 2.05) is 41.3 Å². The van der Waals surface area contributed by atoms with Crippen LogP contribution in [0.15, 0.2) is 71.6 Å². The molecule has 0 unspecified atom stereocenters. The van der Waals surface area contributed by atoms with E-state index in [1.54, 1.807) is 18.9 Å². The predicted molar refractivity (Wildman–Crippen MR) is 129 cm³/mol. The number of rotatable bonds is 7. The smallest absolute Gasteiger partial charge is 0.230 e. The molecular weight excluding hydrogens is 420 g/mol. The molecule has 0 radical (unpaired) electrons. The van der Waals surface area contributed by atoms with Gasteiger partial charge in [-0.1, -0.05) is 48.5 Å². The zero-order valence-electron chi connectivity index (χ0n) is 18.3. The number of methoxy groups -OCH3 is 1. The van der Waals surface area contributed by atoms with Crippen LogP contribution in [0.5, 0.6) is 5.75 Å². The summed E-state index contributed by atoms with van der Waals surface area (Å²) in [4.78, 5) is 28.1. The van der Waals surface area contributed by atoms with Crippen molar-refractivity contribution in [2.75, 3.05) is 26.0 Å². The summed E-state index contributed by atoms with van der Waals surface area (Å²) in [5, 5.41) is 5.52. The lowest BCUT2D eigenvalue weighted by molar-refractivity contribution is -0.131. The van der Waals surface area contributed by atoms with Crippen LogP contribution in [0.4, 0.5) is 0 Å². The standard InChI is InChI=1S/C26H28N2O3S/c1-31-24-9-5-4-8-21(24)17-26(30)28-14-12-22(13-15-28)27-25(29)18-32-23-11-10-19-6-2-3-7-20(19)16-23/h2-11,16,22H,12-15,17-18H2,1H3,(H,27,29). The molecule has 4 rings (SSSR count). The van der Waals surface area contributed by atoms with Gasteiger partial charge in [0.25, 0.3) is 0 Å². The van der Waals surface area contributed by atoms with Crippen molar-refractivity contribution in [3.8, 4) is 5.75 Å². The van der Waals surface area contributed by atoms with Crippen molar-refractivity contribution >= 4 is 34.3 Å². The topological polar surface area (TPSA) is 58.6 Å². The maximum Gasteiger partial charge on any atom is 0.230 e. The first-order valence-corrected chi connectivity index (χ1v) is 11.9. The average molecular weight is 449 g/mol. The van der Waals surface area contributed by atoms with Crippen molar-refractivity contribution in [1.82, 2.24) is 10.2 Å². The van der Waals surface area contributed by atoms with Gasteiger partial charge in [0.15, 0.2) is 0 Å². The van der Waals surface area contributed by atoms with E-state index in [2.05, 4.69) is 35.6 Å². The molecule has 0 spiro atoms. The molecule has 6 heteroatoms. The molecule has 0 bridgehead atoms. The lowest BCUT2D eigenvalue weighted by Gasteiger charge is -2.32. The van der Waals surface area contributed by atoms with Crippen LogP contribution in [0.2, 0.25) is 0 Å². The number of likely N-dealkylation sites (tertiary alicyclic amines) is 1. The summed E-state index contributed by atoms with van der Waals surface area (Å²) in [6.45, 7) is 1.33. The molecule has 3 aromatic carbocycles. The molecule has 32 heavy (non-hydrogen) atoms. The van der Waals surface area contributed by atoms with E-state index in [0.717, 1.165) is 29.1 Å². The van der Waals surface area contributed by atoms with Gasteiger partial charge in [-0.25, -0.2) is 0 Å². The fourth-order valence-electron chi connectivity index (χ4n) is 4.07. The van der Waals surface area contributed by atoms with Gasteiger partial charge in [-0.3, -0.25) is 9.59 Å². The Balaban J connectivity index is 1.22. The van der Waals surface area contributed by atoms with Crippen molar-refractivity contribution < 1.29 is 14.3 Å². The third kappa shape index (κ3) is 5.62. The predicted octanol–water partition coefficient (Wildman–Crippen LogP) is 4.29. The Morgan fingerprint density at radius 1 is 1.00 bits per heavy atom. The quantitative estimate of drug-likeness (QED) is 0.548. The number of ether oxygens (including phenoxy) is 1.